The predicted octanol–water partition coefficient (Wildman–Crippen LogP) is 1.28. The molecule has 1 atom stereocenters. The van der Waals surface area contributed by atoms with Gasteiger partial charge in [0.15, 0.2) is 0 Å². The van der Waals surface area contributed by atoms with E-state index in [1.807, 2.05) is 30.3 Å². The summed E-state index contributed by atoms with van der Waals surface area (Å²) in [5.74, 6) is 0.00799. The first kappa shape index (κ1) is 18.0. The molecule has 4 amide bonds. The Kier molecular flexibility index (Phi) is 5.60. The smallest absolute Gasteiger partial charge is 0.409 e. The van der Waals surface area contributed by atoms with Gasteiger partial charge in [-0.05, 0) is 19.1 Å². The standard InChI is InChI=1S/C18H24N4O4/c1-2-26-18(25)21-10-8-20(9-11-21)17(24)19-14-12-16(23)22(13-14)15-6-4-3-5-7-15/h3-7,14H,2,8-13H2,1H3,(H,19,24)/t14-/m0/s1. The van der Waals surface area contributed by atoms with Gasteiger partial charge in [-0.1, -0.05) is 18.2 Å². The van der Waals surface area contributed by atoms with Crippen molar-refractivity contribution in [1.82, 2.24) is 15.1 Å². The Bertz CT molecular complexity index is 658. The highest BCUT2D eigenvalue weighted by molar-refractivity contribution is 5.96. The SMILES string of the molecule is CCOC(=O)N1CCN(C(=O)N[C@H]2CC(=O)N(c3ccccc3)C2)CC1. The Morgan fingerprint density at radius 3 is 2.42 bits per heavy atom. The Morgan fingerprint density at radius 2 is 1.77 bits per heavy atom. The van der Waals surface area contributed by atoms with Crippen molar-refractivity contribution in [3.63, 3.8) is 0 Å². The predicted molar refractivity (Wildman–Crippen MR) is 95.9 cm³/mol. The number of hydrogen-bond donors (Lipinski definition) is 1. The molecular weight excluding hydrogens is 336 g/mol. The van der Waals surface area contributed by atoms with Crippen LogP contribution in [0.2, 0.25) is 0 Å². The lowest BCUT2D eigenvalue weighted by Crippen LogP contribution is -2.54. The molecule has 0 aromatic heterocycles. The van der Waals surface area contributed by atoms with E-state index in [4.69, 9.17) is 4.74 Å². The van der Waals surface area contributed by atoms with Gasteiger partial charge >= 0.3 is 12.1 Å². The fourth-order valence-corrected chi connectivity index (χ4v) is 3.23. The first-order valence-electron chi connectivity index (χ1n) is 8.91. The average molecular weight is 360 g/mol. The lowest BCUT2D eigenvalue weighted by atomic mass is 10.2. The number of benzene rings is 1. The third-order valence-corrected chi connectivity index (χ3v) is 4.61. The summed E-state index contributed by atoms with van der Waals surface area (Å²) >= 11 is 0. The highest BCUT2D eigenvalue weighted by Crippen LogP contribution is 2.21. The van der Waals surface area contributed by atoms with Crippen LogP contribution in [0.15, 0.2) is 30.3 Å². The Morgan fingerprint density at radius 1 is 1.12 bits per heavy atom. The second-order valence-corrected chi connectivity index (χ2v) is 6.36. The second kappa shape index (κ2) is 8.07. The topological polar surface area (TPSA) is 82.2 Å². The summed E-state index contributed by atoms with van der Waals surface area (Å²) in [6.45, 7) is 4.38. The number of rotatable bonds is 3. The molecule has 2 fully saturated rings. The minimum Gasteiger partial charge on any atom is -0.450 e. The zero-order valence-corrected chi connectivity index (χ0v) is 14.9. The average Bonchev–Trinajstić information content (AvgIpc) is 3.03. The molecule has 1 aromatic carbocycles. The van der Waals surface area contributed by atoms with Crippen molar-refractivity contribution in [3.05, 3.63) is 30.3 Å². The molecule has 2 saturated heterocycles. The summed E-state index contributed by atoms with van der Waals surface area (Å²) in [5.41, 5.74) is 0.845. The van der Waals surface area contributed by atoms with Crippen LogP contribution in [0.4, 0.5) is 15.3 Å². The molecule has 140 valence electrons. The van der Waals surface area contributed by atoms with E-state index in [0.717, 1.165) is 5.69 Å². The van der Waals surface area contributed by atoms with Crippen LogP contribution < -0.4 is 10.2 Å². The molecule has 0 aliphatic carbocycles. The van der Waals surface area contributed by atoms with E-state index >= 15 is 0 Å². The van der Waals surface area contributed by atoms with Crippen molar-refractivity contribution in [2.24, 2.45) is 0 Å². The van der Waals surface area contributed by atoms with E-state index in [0.29, 0.717) is 45.8 Å². The van der Waals surface area contributed by atoms with Gasteiger partial charge in [0.2, 0.25) is 5.91 Å². The van der Waals surface area contributed by atoms with Crippen LogP contribution in [0.5, 0.6) is 0 Å². The Hall–Kier alpha value is -2.77. The van der Waals surface area contributed by atoms with Crippen LogP contribution in [0.3, 0.4) is 0 Å². The maximum absolute atomic E-state index is 12.5. The van der Waals surface area contributed by atoms with Crippen molar-refractivity contribution >= 4 is 23.7 Å². The van der Waals surface area contributed by atoms with Crippen molar-refractivity contribution in [2.45, 2.75) is 19.4 Å². The number of nitrogens with one attached hydrogen (secondary N) is 1. The highest BCUT2D eigenvalue weighted by Gasteiger charge is 2.33. The molecule has 0 saturated carbocycles. The number of carbonyl (C=O) groups excluding carboxylic acids is 3. The van der Waals surface area contributed by atoms with Gasteiger partial charge in [-0.3, -0.25) is 4.79 Å². The molecule has 3 rings (SSSR count). The van der Waals surface area contributed by atoms with Gasteiger partial charge in [-0.15, -0.1) is 0 Å². The number of carbonyl (C=O) groups is 3. The lowest BCUT2D eigenvalue weighted by Gasteiger charge is -2.34. The third-order valence-electron chi connectivity index (χ3n) is 4.61. The normalized spacial score (nSPS) is 20.3. The zero-order valence-electron chi connectivity index (χ0n) is 14.9. The molecule has 2 aliphatic heterocycles. The molecule has 2 heterocycles. The number of anilines is 1. The third kappa shape index (κ3) is 4.07. The molecule has 8 heteroatoms. The Balaban J connectivity index is 1.49. The lowest BCUT2D eigenvalue weighted by molar-refractivity contribution is -0.117. The fourth-order valence-electron chi connectivity index (χ4n) is 3.23. The van der Waals surface area contributed by atoms with Crippen molar-refractivity contribution in [1.29, 1.82) is 0 Å². The summed E-state index contributed by atoms with van der Waals surface area (Å²) in [4.78, 5) is 41.4. The Labute approximate surface area is 152 Å². The van der Waals surface area contributed by atoms with Crippen LogP contribution in [-0.2, 0) is 9.53 Å². The van der Waals surface area contributed by atoms with Crippen LogP contribution in [0, 0.1) is 0 Å². The molecule has 0 unspecified atom stereocenters. The molecule has 8 nitrogen and oxygen atoms in total. The van der Waals surface area contributed by atoms with Gasteiger partial charge in [0.25, 0.3) is 0 Å². The molecule has 0 spiro atoms. The van der Waals surface area contributed by atoms with Gasteiger partial charge in [0.05, 0.1) is 12.6 Å². The van der Waals surface area contributed by atoms with Crippen molar-refractivity contribution < 1.29 is 19.1 Å². The van der Waals surface area contributed by atoms with Gasteiger partial charge in [-0.25, -0.2) is 9.59 Å². The number of piperazine rings is 1. The minimum absolute atomic E-state index is 0.00799. The molecule has 2 aliphatic rings. The van der Waals surface area contributed by atoms with E-state index in [-0.39, 0.29) is 24.1 Å². The van der Waals surface area contributed by atoms with Gasteiger partial charge in [0, 0.05) is 44.8 Å². The number of urea groups is 1. The van der Waals surface area contributed by atoms with Crippen LogP contribution in [0.25, 0.3) is 0 Å². The van der Waals surface area contributed by atoms with Crippen molar-refractivity contribution in [3.8, 4) is 0 Å². The van der Waals surface area contributed by atoms with Gasteiger partial charge in [0.1, 0.15) is 0 Å². The summed E-state index contributed by atoms with van der Waals surface area (Å²) in [6.07, 6.45) is -0.0453. The van der Waals surface area contributed by atoms with E-state index in [9.17, 15) is 14.4 Å². The first-order valence-corrected chi connectivity index (χ1v) is 8.91. The minimum atomic E-state index is -0.340. The molecular formula is C18H24N4O4. The summed E-state index contributed by atoms with van der Waals surface area (Å²) in [7, 11) is 0. The van der Waals surface area contributed by atoms with E-state index < -0.39 is 0 Å². The molecule has 0 bridgehead atoms. The fraction of sp³-hybridized carbons (Fsp3) is 0.500. The highest BCUT2D eigenvalue weighted by atomic mass is 16.6. The van der Waals surface area contributed by atoms with E-state index in [1.165, 1.54) is 0 Å². The largest absolute Gasteiger partial charge is 0.450 e. The molecule has 1 N–H and O–H groups in total. The summed E-state index contributed by atoms with van der Waals surface area (Å²) < 4.78 is 4.98. The second-order valence-electron chi connectivity index (χ2n) is 6.36. The van der Waals surface area contributed by atoms with Gasteiger partial charge in [-0.2, -0.15) is 0 Å². The molecule has 0 radical (unpaired) electrons. The van der Waals surface area contributed by atoms with E-state index in [1.54, 1.807) is 21.6 Å². The number of para-hydroxylation sites is 1. The van der Waals surface area contributed by atoms with Crippen molar-refractivity contribution in [2.75, 3.05) is 44.2 Å². The summed E-state index contributed by atoms with van der Waals surface area (Å²) in [5, 5.41) is 2.94. The monoisotopic (exact) mass is 360 g/mol. The maximum atomic E-state index is 12.5. The van der Waals surface area contributed by atoms with Crippen LogP contribution in [0.1, 0.15) is 13.3 Å². The number of hydrogen-bond acceptors (Lipinski definition) is 4. The molecule has 1 aromatic rings. The quantitative estimate of drug-likeness (QED) is 0.880. The number of ether oxygens (including phenoxy) is 1. The zero-order chi connectivity index (χ0) is 18.5. The maximum Gasteiger partial charge on any atom is 0.409 e. The van der Waals surface area contributed by atoms with Crippen LogP contribution >= 0.6 is 0 Å². The van der Waals surface area contributed by atoms with Crippen LogP contribution in [-0.4, -0.2) is 73.2 Å². The van der Waals surface area contributed by atoms with E-state index in [2.05, 4.69) is 5.32 Å². The first-order chi connectivity index (χ1) is 12.6. The summed E-state index contributed by atoms with van der Waals surface area (Å²) in [6, 6.07) is 9.04. The van der Waals surface area contributed by atoms with Gasteiger partial charge < -0.3 is 24.8 Å². The number of amides is 4. The molecule has 26 heavy (non-hydrogen) atoms. The number of nitrogens with zero attached hydrogens (tertiary/aromatic N) is 3.